The fourth-order valence-electron chi connectivity index (χ4n) is 2.67. The van der Waals surface area contributed by atoms with Gasteiger partial charge in [-0.3, -0.25) is 9.59 Å². The highest BCUT2D eigenvalue weighted by atomic mass is 35.5. The second kappa shape index (κ2) is 9.41. The van der Waals surface area contributed by atoms with E-state index in [4.69, 9.17) is 17.3 Å². The fraction of sp³-hybridized carbons (Fsp3) is 0.556. The van der Waals surface area contributed by atoms with Crippen LogP contribution in [0.15, 0.2) is 24.3 Å². The molecule has 1 aromatic rings. The van der Waals surface area contributed by atoms with Crippen molar-refractivity contribution in [3.63, 3.8) is 0 Å². The Bertz CT molecular complexity index is 588. The number of halogens is 2. The molecule has 25 heavy (non-hydrogen) atoms. The third-order valence-corrected chi connectivity index (χ3v) is 4.68. The van der Waals surface area contributed by atoms with Gasteiger partial charge in [-0.2, -0.15) is 0 Å². The first-order valence-electron chi connectivity index (χ1n) is 8.41. The predicted molar refractivity (Wildman–Crippen MR) is 103 cm³/mol. The number of nitrogens with two attached hydrogens (primary N) is 1. The molecule has 1 unspecified atom stereocenters. The minimum atomic E-state index is -0.596. The number of amides is 2. The van der Waals surface area contributed by atoms with Gasteiger partial charge in [0.15, 0.2) is 0 Å². The third kappa shape index (κ3) is 5.87. The molecule has 2 atom stereocenters. The summed E-state index contributed by atoms with van der Waals surface area (Å²) in [4.78, 5) is 26.5. The molecule has 0 radical (unpaired) electrons. The van der Waals surface area contributed by atoms with Crippen molar-refractivity contribution in [2.24, 2.45) is 11.7 Å². The molecular weight excluding hydrogens is 361 g/mol. The summed E-state index contributed by atoms with van der Waals surface area (Å²) in [6, 6.07) is 7.11. The van der Waals surface area contributed by atoms with E-state index in [9.17, 15) is 9.59 Å². The average molecular weight is 388 g/mol. The van der Waals surface area contributed by atoms with Crippen LogP contribution in [0.1, 0.15) is 45.2 Å². The fourth-order valence-corrected chi connectivity index (χ4v) is 2.79. The van der Waals surface area contributed by atoms with Crippen LogP contribution in [-0.2, 0) is 9.59 Å². The highest BCUT2D eigenvalue weighted by Gasteiger charge is 2.36. The largest absolute Gasteiger partial charge is 0.346 e. The summed E-state index contributed by atoms with van der Waals surface area (Å²) in [5.41, 5.74) is 6.84. The van der Waals surface area contributed by atoms with Gasteiger partial charge in [0, 0.05) is 11.1 Å². The van der Waals surface area contributed by atoms with Crippen molar-refractivity contribution in [2.75, 3.05) is 6.54 Å². The molecule has 5 nitrogen and oxygen atoms in total. The van der Waals surface area contributed by atoms with Gasteiger partial charge in [-0.25, -0.2) is 0 Å². The summed E-state index contributed by atoms with van der Waals surface area (Å²) in [6.45, 7) is 5.74. The molecule has 1 aliphatic rings. The number of hydrogen-bond acceptors (Lipinski definition) is 3. The number of benzene rings is 1. The van der Waals surface area contributed by atoms with Gasteiger partial charge >= 0.3 is 0 Å². The Kier molecular flexibility index (Phi) is 8.19. The van der Waals surface area contributed by atoms with Crippen LogP contribution in [0.5, 0.6) is 0 Å². The van der Waals surface area contributed by atoms with Gasteiger partial charge in [0.05, 0.1) is 18.6 Å². The maximum absolute atomic E-state index is 12.6. The molecule has 2 amide bonds. The van der Waals surface area contributed by atoms with Crippen LogP contribution < -0.4 is 11.1 Å². The predicted octanol–water partition coefficient (Wildman–Crippen LogP) is 2.91. The van der Waals surface area contributed by atoms with Crippen molar-refractivity contribution in [3.05, 3.63) is 34.9 Å². The van der Waals surface area contributed by atoms with Crippen LogP contribution in [0.3, 0.4) is 0 Å². The number of rotatable bonds is 7. The zero-order valence-corrected chi connectivity index (χ0v) is 16.4. The molecule has 7 heteroatoms. The zero-order chi connectivity index (χ0) is 17.9. The van der Waals surface area contributed by atoms with Gasteiger partial charge in [-0.15, -0.1) is 12.4 Å². The zero-order valence-electron chi connectivity index (χ0n) is 14.9. The van der Waals surface area contributed by atoms with Crippen LogP contribution in [0.4, 0.5) is 0 Å². The lowest BCUT2D eigenvalue weighted by Gasteiger charge is -2.30. The van der Waals surface area contributed by atoms with Crippen LogP contribution in [-0.4, -0.2) is 35.3 Å². The highest BCUT2D eigenvalue weighted by Crippen LogP contribution is 2.34. The van der Waals surface area contributed by atoms with E-state index in [1.54, 1.807) is 0 Å². The topological polar surface area (TPSA) is 75.4 Å². The van der Waals surface area contributed by atoms with Crippen molar-refractivity contribution >= 4 is 35.8 Å². The van der Waals surface area contributed by atoms with E-state index >= 15 is 0 Å². The Hall–Kier alpha value is -1.30. The number of nitrogens with one attached hydrogen (secondary N) is 1. The van der Waals surface area contributed by atoms with Gasteiger partial charge in [0.2, 0.25) is 11.8 Å². The Labute approximate surface area is 160 Å². The SMILES string of the molecule is CC(C)[C@H](N)C(=O)NCC(=O)N(C1CC1)C(C)c1ccc(Cl)cc1.Cl. The molecule has 0 aliphatic heterocycles. The smallest absolute Gasteiger partial charge is 0.242 e. The lowest BCUT2D eigenvalue weighted by molar-refractivity contribution is -0.135. The second-order valence-electron chi connectivity index (χ2n) is 6.75. The Morgan fingerprint density at radius 1 is 1.24 bits per heavy atom. The molecule has 140 valence electrons. The van der Waals surface area contributed by atoms with Crippen molar-refractivity contribution in [2.45, 2.75) is 51.7 Å². The van der Waals surface area contributed by atoms with Crippen molar-refractivity contribution < 1.29 is 9.59 Å². The van der Waals surface area contributed by atoms with Gasteiger partial charge in [0.1, 0.15) is 0 Å². The summed E-state index contributed by atoms with van der Waals surface area (Å²) in [5, 5.41) is 3.34. The van der Waals surface area contributed by atoms with E-state index < -0.39 is 6.04 Å². The van der Waals surface area contributed by atoms with E-state index in [-0.39, 0.29) is 48.8 Å². The Morgan fingerprint density at radius 3 is 2.28 bits per heavy atom. The van der Waals surface area contributed by atoms with E-state index in [1.807, 2.05) is 49.9 Å². The normalized spacial score (nSPS) is 15.9. The van der Waals surface area contributed by atoms with E-state index in [1.165, 1.54) is 0 Å². The summed E-state index contributed by atoms with van der Waals surface area (Å²) in [6.07, 6.45) is 2.01. The van der Waals surface area contributed by atoms with Crippen LogP contribution >= 0.6 is 24.0 Å². The van der Waals surface area contributed by atoms with E-state index in [2.05, 4.69) is 5.32 Å². The number of carbonyl (C=O) groups is 2. The van der Waals surface area contributed by atoms with E-state index in [0.717, 1.165) is 18.4 Å². The van der Waals surface area contributed by atoms with Gasteiger partial charge in [0.25, 0.3) is 0 Å². The Balaban J connectivity index is 0.00000312. The molecule has 0 bridgehead atoms. The Morgan fingerprint density at radius 2 is 1.80 bits per heavy atom. The molecule has 1 saturated carbocycles. The number of hydrogen-bond donors (Lipinski definition) is 2. The average Bonchev–Trinajstić information content (AvgIpc) is 3.37. The molecule has 0 saturated heterocycles. The first-order valence-corrected chi connectivity index (χ1v) is 8.79. The molecule has 0 aromatic heterocycles. The lowest BCUT2D eigenvalue weighted by Crippen LogP contribution is -2.48. The van der Waals surface area contributed by atoms with E-state index in [0.29, 0.717) is 5.02 Å². The quantitative estimate of drug-likeness (QED) is 0.754. The third-order valence-electron chi connectivity index (χ3n) is 4.43. The molecule has 0 spiro atoms. The first-order chi connectivity index (χ1) is 11.3. The number of carbonyl (C=O) groups excluding carboxylic acids is 2. The van der Waals surface area contributed by atoms with Crippen molar-refractivity contribution in [1.82, 2.24) is 10.2 Å². The van der Waals surface area contributed by atoms with Crippen LogP contribution in [0, 0.1) is 5.92 Å². The minimum Gasteiger partial charge on any atom is -0.346 e. The highest BCUT2D eigenvalue weighted by molar-refractivity contribution is 6.30. The van der Waals surface area contributed by atoms with Crippen molar-refractivity contribution in [3.8, 4) is 0 Å². The summed E-state index contributed by atoms with van der Waals surface area (Å²) in [5.74, 6) is -0.329. The maximum atomic E-state index is 12.6. The summed E-state index contributed by atoms with van der Waals surface area (Å²) in [7, 11) is 0. The van der Waals surface area contributed by atoms with Crippen LogP contribution in [0.2, 0.25) is 5.02 Å². The molecule has 1 fully saturated rings. The lowest BCUT2D eigenvalue weighted by atomic mass is 10.0. The second-order valence-corrected chi connectivity index (χ2v) is 7.18. The molecule has 0 heterocycles. The van der Waals surface area contributed by atoms with Gasteiger partial charge in [-0.1, -0.05) is 37.6 Å². The van der Waals surface area contributed by atoms with Gasteiger partial charge < -0.3 is 16.0 Å². The summed E-state index contributed by atoms with van der Waals surface area (Å²) < 4.78 is 0. The number of nitrogens with zero attached hydrogens (tertiary/aromatic N) is 1. The molecular formula is C18H27Cl2N3O2. The molecule has 2 rings (SSSR count). The maximum Gasteiger partial charge on any atom is 0.242 e. The molecule has 1 aliphatic carbocycles. The summed E-state index contributed by atoms with van der Waals surface area (Å²) >= 11 is 5.93. The molecule has 1 aromatic carbocycles. The van der Waals surface area contributed by atoms with Crippen LogP contribution in [0.25, 0.3) is 0 Å². The monoisotopic (exact) mass is 387 g/mol. The first kappa shape index (κ1) is 21.7. The molecule has 3 N–H and O–H groups in total. The van der Waals surface area contributed by atoms with Gasteiger partial charge in [-0.05, 0) is 43.4 Å². The standard InChI is InChI=1S/C18H26ClN3O2.ClH/c1-11(2)17(20)18(24)21-10-16(23)22(15-8-9-15)12(3)13-4-6-14(19)7-5-13;/h4-7,11-12,15,17H,8-10,20H2,1-3H3,(H,21,24);1H/t12?,17-;/m0./s1. The minimum absolute atomic E-state index is 0. The van der Waals surface area contributed by atoms with Crippen molar-refractivity contribution in [1.29, 1.82) is 0 Å².